The summed E-state index contributed by atoms with van der Waals surface area (Å²) in [6, 6.07) is 5.33. The van der Waals surface area contributed by atoms with Crippen LogP contribution in [0.2, 0.25) is 0 Å². The Kier molecular flexibility index (Phi) is 2.92. The molecule has 1 aliphatic rings. The summed E-state index contributed by atoms with van der Waals surface area (Å²) in [7, 11) is 0. The van der Waals surface area contributed by atoms with Gasteiger partial charge in [0, 0.05) is 5.56 Å². The zero-order valence-corrected chi connectivity index (χ0v) is 10.3. The van der Waals surface area contributed by atoms with Crippen LogP contribution < -0.4 is 4.74 Å². The maximum Gasteiger partial charge on any atom is 0.338 e. The predicted molar refractivity (Wildman–Crippen MR) is 66.1 cm³/mol. The minimum absolute atomic E-state index is 0.293. The van der Waals surface area contributed by atoms with E-state index in [-0.39, 0.29) is 11.6 Å². The molecule has 17 heavy (non-hydrogen) atoms. The number of carbonyl (C=O) groups is 1. The van der Waals surface area contributed by atoms with Crippen LogP contribution in [0, 0.1) is 0 Å². The second-order valence-corrected chi connectivity index (χ2v) is 4.51. The van der Waals surface area contributed by atoms with E-state index in [0.29, 0.717) is 12.2 Å². The first-order valence-electron chi connectivity index (χ1n) is 5.71. The molecule has 0 bridgehead atoms. The second-order valence-electron chi connectivity index (χ2n) is 4.51. The number of hydrogen-bond acceptors (Lipinski definition) is 3. The average molecular weight is 232 g/mol. The van der Waals surface area contributed by atoms with E-state index in [2.05, 4.69) is 0 Å². The summed E-state index contributed by atoms with van der Waals surface area (Å²) in [6.07, 6.45) is 3.95. The van der Waals surface area contributed by atoms with Crippen LogP contribution in [-0.2, 0) is 4.74 Å². The van der Waals surface area contributed by atoms with E-state index in [1.807, 2.05) is 32.1 Å². The Hall–Kier alpha value is -1.77. The summed E-state index contributed by atoms with van der Waals surface area (Å²) >= 11 is 0. The first kappa shape index (κ1) is 11.7. The van der Waals surface area contributed by atoms with Gasteiger partial charge in [-0.3, -0.25) is 0 Å². The normalized spacial score (nSPS) is 15.9. The van der Waals surface area contributed by atoms with Gasteiger partial charge in [-0.25, -0.2) is 4.79 Å². The van der Waals surface area contributed by atoms with Gasteiger partial charge in [-0.2, -0.15) is 0 Å². The minimum Gasteiger partial charge on any atom is -0.483 e. The fraction of sp³-hybridized carbons (Fsp3) is 0.357. The Balaban J connectivity index is 2.30. The van der Waals surface area contributed by atoms with Crippen LogP contribution in [0.1, 0.15) is 36.7 Å². The lowest BCUT2D eigenvalue weighted by Crippen LogP contribution is -2.27. The van der Waals surface area contributed by atoms with E-state index in [4.69, 9.17) is 9.47 Å². The van der Waals surface area contributed by atoms with E-state index in [1.54, 1.807) is 19.1 Å². The number of rotatable bonds is 2. The van der Waals surface area contributed by atoms with Gasteiger partial charge in [0.15, 0.2) is 0 Å². The molecule has 0 amide bonds. The van der Waals surface area contributed by atoms with Gasteiger partial charge in [0.1, 0.15) is 11.4 Å². The number of ether oxygens (including phenoxy) is 2. The van der Waals surface area contributed by atoms with E-state index in [9.17, 15) is 4.79 Å². The average Bonchev–Trinajstić information content (AvgIpc) is 2.27. The molecule has 3 heteroatoms. The first-order chi connectivity index (χ1) is 8.02. The predicted octanol–water partition coefficient (Wildman–Crippen LogP) is 3.05. The molecule has 1 heterocycles. The first-order valence-corrected chi connectivity index (χ1v) is 5.71. The third-order valence-corrected chi connectivity index (χ3v) is 2.56. The Morgan fingerprint density at radius 2 is 2.18 bits per heavy atom. The van der Waals surface area contributed by atoms with Gasteiger partial charge < -0.3 is 9.47 Å². The molecule has 1 aliphatic heterocycles. The molecule has 0 aliphatic carbocycles. The van der Waals surface area contributed by atoms with Crippen LogP contribution in [0.5, 0.6) is 5.75 Å². The molecule has 0 atom stereocenters. The summed E-state index contributed by atoms with van der Waals surface area (Å²) in [5, 5.41) is 0. The largest absolute Gasteiger partial charge is 0.483 e. The van der Waals surface area contributed by atoms with Crippen molar-refractivity contribution >= 4 is 12.0 Å². The van der Waals surface area contributed by atoms with Gasteiger partial charge in [0.05, 0.1) is 12.2 Å². The van der Waals surface area contributed by atoms with Crippen molar-refractivity contribution in [3.05, 3.63) is 35.4 Å². The van der Waals surface area contributed by atoms with Gasteiger partial charge >= 0.3 is 5.97 Å². The molecule has 0 unspecified atom stereocenters. The highest BCUT2D eigenvalue weighted by atomic mass is 16.5. The highest BCUT2D eigenvalue weighted by molar-refractivity contribution is 5.90. The maximum absolute atomic E-state index is 11.6. The molecule has 2 rings (SSSR count). The molecular weight excluding hydrogens is 216 g/mol. The van der Waals surface area contributed by atoms with Crippen LogP contribution in [0.3, 0.4) is 0 Å². The van der Waals surface area contributed by atoms with Crippen LogP contribution in [0.15, 0.2) is 24.3 Å². The van der Waals surface area contributed by atoms with Crippen molar-refractivity contribution in [2.24, 2.45) is 0 Å². The highest BCUT2D eigenvalue weighted by Crippen LogP contribution is 2.31. The van der Waals surface area contributed by atoms with Crippen molar-refractivity contribution in [3.8, 4) is 5.75 Å². The third kappa shape index (κ3) is 2.49. The molecule has 1 aromatic rings. The molecular formula is C14H16O3. The molecule has 3 nitrogen and oxygen atoms in total. The number of esters is 1. The number of carbonyl (C=O) groups excluding carboxylic acids is 1. The van der Waals surface area contributed by atoms with E-state index < -0.39 is 0 Å². The lowest BCUT2D eigenvalue weighted by atomic mass is 10.0. The lowest BCUT2D eigenvalue weighted by Gasteiger charge is -2.27. The molecule has 0 spiro atoms. The summed E-state index contributed by atoms with van der Waals surface area (Å²) < 4.78 is 10.7. The SMILES string of the molecule is CCOC(=O)c1ccc2c(c1)C=CC(C)(C)O2. The fourth-order valence-corrected chi connectivity index (χ4v) is 1.72. The number of hydrogen-bond donors (Lipinski definition) is 0. The van der Waals surface area contributed by atoms with Crippen LogP contribution in [0.4, 0.5) is 0 Å². The van der Waals surface area contributed by atoms with Crippen molar-refractivity contribution in [1.29, 1.82) is 0 Å². The van der Waals surface area contributed by atoms with Gasteiger partial charge in [-0.1, -0.05) is 6.08 Å². The summed E-state index contributed by atoms with van der Waals surface area (Å²) in [5.41, 5.74) is 1.17. The van der Waals surface area contributed by atoms with Gasteiger partial charge in [-0.05, 0) is 45.0 Å². The van der Waals surface area contributed by atoms with Gasteiger partial charge in [0.25, 0.3) is 0 Å². The van der Waals surface area contributed by atoms with Crippen LogP contribution in [-0.4, -0.2) is 18.2 Å². The Labute approximate surface area is 101 Å². The molecule has 0 saturated carbocycles. The molecule has 0 saturated heterocycles. The summed E-state index contributed by atoms with van der Waals surface area (Å²) in [5.74, 6) is 0.499. The lowest BCUT2D eigenvalue weighted by molar-refractivity contribution is 0.0526. The highest BCUT2D eigenvalue weighted by Gasteiger charge is 2.22. The Morgan fingerprint density at radius 1 is 1.41 bits per heavy atom. The maximum atomic E-state index is 11.6. The number of benzene rings is 1. The fourth-order valence-electron chi connectivity index (χ4n) is 1.72. The smallest absolute Gasteiger partial charge is 0.338 e. The summed E-state index contributed by atoms with van der Waals surface area (Å²) in [6.45, 7) is 6.16. The zero-order valence-electron chi connectivity index (χ0n) is 10.3. The van der Waals surface area contributed by atoms with Gasteiger partial charge in [0.2, 0.25) is 0 Å². The Morgan fingerprint density at radius 3 is 2.88 bits per heavy atom. The topological polar surface area (TPSA) is 35.5 Å². The van der Waals surface area contributed by atoms with Gasteiger partial charge in [-0.15, -0.1) is 0 Å². The van der Waals surface area contributed by atoms with E-state index >= 15 is 0 Å². The van der Waals surface area contributed by atoms with Crippen molar-refractivity contribution in [3.63, 3.8) is 0 Å². The Bertz CT molecular complexity index is 472. The molecule has 0 radical (unpaired) electrons. The van der Waals surface area contributed by atoms with Crippen LogP contribution in [0.25, 0.3) is 6.08 Å². The number of fused-ring (bicyclic) bond motifs is 1. The van der Waals surface area contributed by atoms with E-state index in [1.165, 1.54) is 0 Å². The zero-order chi connectivity index (χ0) is 12.5. The second kappa shape index (κ2) is 4.24. The standard InChI is InChI=1S/C14H16O3/c1-4-16-13(15)11-5-6-12-10(9-11)7-8-14(2,3)17-12/h5-9H,4H2,1-3H3. The van der Waals surface area contributed by atoms with Crippen molar-refractivity contribution in [1.82, 2.24) is 0 Å². The van der Waals surface area contributed by atoms with Crippen molar-refractivity contribution < 1.29 is 14.3 Å². The minimum atomic E-state index is -0.298. The third-order valence-electron chi connectivity index (χ3n) is 2.56. The quantitative estimate of drug-likeness (QED) is 0.735. The van der Waals surface area contributed by atoms with Crippen molar-refractivity contribution in [2.75, 3.05) is 6.61 Å². The van der Waals surface area contributed by atoms with Crippen molar-refractivity contribution in [2.45, 2.75) is 26.4 Å². The molecule has 0 N–H and O–H groups in total. The summed E-state index contributed by atoms with van der Waals surface area (Å²) in [4.78, 5) is 11.6. The van der Waals surface area contributed by atoms with Crippen LogP contribution >= 0.6 is 0 Å². The molecule has 90 valence electrons. The monoisotopic (exact) mass is 232 g/mol. The van der Waals surface area contributed by atoms with E-state index in [0.717, 1.165) is 11.3 Å². The molecule has 1 aromatic carbocycles. The molecule has 0 aromatic heterocycles. The molecule has 0 fully saturated rings.